The summed E-state index contributed by atoms with van der Waals surface area (Å²) in [5.74, 6) is -0.0723. The Morgan fingerprint density at radius 1 is 1.00 bits per heavy atom. The average Bonchev–Trinajstić information content (AvgIpc) is 2.60. The van der Waals surface area contributed by atoms with Crippen LogP contribution in [0.15, 0.2) is 71.9 Å². The quantitative estimate of drug-likeness (QED) is 0.933. The molecule has 4 heteroatoms. The van der Waals surface area contributed by atoms with Crippen molar-refractivity contribution >= 4 is 17.5 Å². The largest absolute Gasteiger partial charge is 0.322 e. The highest BCUT2D eigenvalue weighted by Gasteiger charge is 2.27. The summed E-state index contributed by atoms with van der Waals surface area (Å²) < 4.78 is 0. The lowest BCUT2D eigenvalue weighted by Gasteiger charge is -2.30. The molecule has 1 heterocycles. The molecule has 0 saturated heterocycles. The fourth-order valence-corrected chi connectivity index (χ4v) is 2.88. The summed E-state index contributed by atoms with van der Waals surface area (Å²) in [5.41, 5.74) is 3.22. The van der Waals surface area contributed by atoms with E-state index in [-0.39, 0.29) is 11.8 Å². The number of carbonyl (C=O) groups excluding carboxylic acids is 2. The van der Waals surface area contributed by atoms with Crippen molar-refractivity contribution in [2.45, 2.75) is 26.3 Å². The van der Waals surface area contributed by atoms with Gasteiger partial charge in [-0.2, -0.15) is 0 Å². The molecule has 4 nitrogen and oxygen atoms in total. The number of nitrogens with one attached hydrogen (secondary N) is 1. The molecule has 122 valence electrons. The first-order chi connectivity index (χ1) is 11.6. The van der Waals surface area contributed by atoms with Gasteiger partial charge in [0, 0.05) is 23.4 Å². The van der Waals surface area contributed by atoms with Crippen molar-refractivity contribution in [2.75, 3.05) is 5.32 Å². The highest BCUT2D eigenvalue weighted by Crippen LogP contribution is 2.26. The van der Waals surface area contributed by atoms with Gasteiger partial charge in [0.05, 0.1) is 6.54 Å². The van der Waals surface area contributed by atoms with E-state index < -0.39 is 0 Å². The maximum Gasteiger partial charge on any atom is 0.253 e. The minimum absolute atomic E-state index is 0.0626. The molecule has 2 aromatic rings. The van der Waals surface area contributed by atoms with Crippen LogP contribution in [0.3, 0.4) is 0 Å². The van der Waals surface area contributed by atoms with E-state index in [0.717, 1.165) is 16.9 Å². The normalized spacial score (nSPS) is 14.7. The Morgan fingerprint density at radius 2 is 1.62 bits per heavy atom. The fourth-order valence-electron chi connectivity index (χ4n) is 2.88. The van der Waals surface area contributed by atoms with Gasteiger partial charge in [-0.05, 0) is 31.0 Å². The van der Waals surface area contributed by atoms with Crippen LogP contribution in [0.25, 0.3) is 0 Å². The molecule has 0 radical (unpaired) electrons. The first-order valence-electron chi connectivity index (χ1n) is 8.05. The third-order valence-electron chi connectivity index (χ3n) is 4.22. The molecule has 0 bridgehead atoms. The second-order valence-corrected chi connectivity index (χ2v) is 5.85. The molecular formula is C20H20N2O2. The smallest absolute Gasteiger partial charge is 0.253 e. The Labute approximate surface area is 141 Å². The van der Waals surface area contributed by atoms with Crippen LogP contribution in [0.5, 0.6) is 0 Å². The van der Waals surface area contributed by atoms with Crippen LogP contribution in [0, 0.1) is 0 Å². The summed E-state index contributed by atoms with van der Waals surface area (Å²) in [6.07, 6.45) is 0.844. The number of nitrogens with zero attached hydrogens (tertiary/aromatic N) is 1. The van der Waals surface area contributed by atoms with Gasteiger partial charge in [0.25, 0.3) is 5.91 Å². The average molecular weight is 320 g/mol. The van der Waals surface area contributed by atoms with Gasteiger partial charge in [-0.25, -0.2) is 0 Å². The van der Waals surface area contributed by atoms with Gasteiger partial charge < -0.3 is 10.2 Å². The number of anilines is 1. The van der Waals surface area contributed by atoms with E-state index in [1.54, 1.807) is 4.90 Å². The maximum atomic E-state index is 12.6. The second-order valence-electron chi connectivity index (χ2n) is 5.85. The lowest BCUT2D eigenvalue weighted by Crippen LogP contribution is -2.35. The van der Waals surface area contributed by atoms with Crippen molar-refractivity contribution in [1.29, 1.82) is 0 Å². The van der Waals surface area contributed by atoms with Crippen LogP contribution in [-0.4, -0.2) is 16.7 Å². The zero-order valence-electron chi connectivity index (χ0n) is 13.7. The van der Waals surface area contributed by atoms with Gasteiger partial charge in [-0.3, -0.25) is 9.59 Å². The van der Waals surface area contributed by atoms with Crippen molar-refractivity contribution < 1.29 is 9.59 Å². The summed E-state index contributed by atoms with van der Waals surface area (Å²) >= 11 is 0. The number of carbonyl (C=O) groups is 2. The molecule has 0 saturated carbocycles. The molecule has 0 fully saturated rings. The molecule has 0 unspecified atom stereocenters. The minimum Gasteiger partial charge on any atom is -0.322 e. The van der Waals surface area contributed by atoms with E-state index in [1.807, 2.05) is 67.6 Å². The standard InChI is InChI=1S/C20H20N2O2/c1-15-18(20(24)21-17-10-6-3-7-11-17)12-13-19(23)22(15)14-16-8-4-2-5-9-16/h2-11H,12-14H2,1H3,(H,21,24). The lowest BCUT2D eigenvalue weighted by molar-refractivity contribution is -0.130. The van der Waals surface area contributed by atoms with E-state index >= 15 is 0 Å². The number of hydrogen-bond acceptors (Lipinski definition) is 2. The molecule has 3 rings (SSSR count). The minimum atomic E-state index is -0.135. The number of rotatable bonds is 4. The molecule has 1 N–H and O–H groups in total. The van der Waals surface area contributed by atoms with Gasteiger partial charge in [-0.1, -0.05) is 48.5 Å². The zero-order valence-corrected chi connectivity index (χ0v) is 13.7. The van der Waals surface area contributed by atoms with Crippen molar-refractivity contribution in [3.8, 4) is 0 Å². The van der Waals surface area contributed by atoms with Crippen LogP contribution < -0.4 is 5.32 Å². The Hall–Kier alpha value is -2.88. The van der Waals surface area contributed by atoms with Crippen LogP contribution in [0.4, 0.5) is 5.69 Å². The molecule has 0 spiro atoms. The van der Waals surface area contributed by atoms with E-state index in [0.29, 0.717) is 25.0 Å². The molecular weight excluding hydrogens is 300 g/mol. The van der Waals surface area contributed by atoms with Gasteiger partial charge in [-0.15, -0.1) is 0 Å². The summed E-state index contributed by atoms with van der Waals surface area (Å²) in [5, 5.41) is 2.91. The molecule has 0 aromatic heterocycles. The van der Waals surface area contributed by atoms with Crippen LogP contribution in [0.2, 0.25) is 0 Å². The molecule has 0 aliphatic carbocycles. The third kappa shape index (κ3) is 3.54. The molecule has 1 aliphatic heterocycles. The summed E-state index contributed by atoms with van der Waals surface area (Å²) in [4.78, 5) is 26.6. The van der Waals surface area contributed by atoms with Gasteiger partial charge >= 0.3 is 0 Å². The third-order valence-corrected chi connectivity index (χ3v) is 4.22. The number of amides is 2. The highest BCUT2D eigenvalue weighted by molar-refractivity contribution is 6.05. The molecule has 1 aliphatic rings. The summed E-state index contributed by atoms with van der Waals surface area (Å²) in [6, 6.07) is 19.2. The Bertz CT molecular complexity index is 767. The van der Waals surface area contributed by atoms with Crippen molar-refractivity contribution in [1.82, 2.24) is 4.90 Å². The number of benzene rings is 2. The molecule has 2 aromatic carbocycles. The van der Waals surface area contributed by atoms with Crippen molar-refractivity contribution in [2.24, 2.45) is 0 Å². The monoisotopic (exact) mass is 320 g/mol. The molecule has 24 heavy (non-hydrogen) atoms. The Kier molecular flexibility index (Phi) is 4.75. The lowest BCUT2D eigenvalue weighted by atomic mass is 10.0. The van der Waals surface area contributed by atoms with E-state index in [4.69, 9.17) is 0 Å². The second kappa shape index (κ2) is 7.13. The SMILES string of the molecule is CC1=C(C(=O)Nc2ccccc2)CCC(=O)N1Cc1ccccc1. The first-order valence-corrected chi connectivity index (χ1v) is 8.05. The van der Waals surface area contributed by atoms with Gasteiger partial charge in [0.2, 0.25) is 5.91 Å². The maximum absolute atomic E-state index is 12.6. The topological polar surface area (TPSA) is 49.4 Å². The van der Waals surface area contributed by atoms with Gasteiger partial charge in [0.1, 0.15) is 0 Å². The number of para-hydroxylation sites is 1. The Morgan fingerprint density at radius 3 is 2.29 bits per heavy atom. The summed E-state index contributed by atoms with van der Waals surface area (Å²) in [6.45, 7) is 2.34. The van der Waals surface area contributed by atoms with Crippen LogP contribution in [-0.2, 0) is 16.1 Å². The van der Waals surface area contributed by atoms with E-state index in [1.165, 1.54) is 0 Å². The highest BCUT2D eigenvalue weighted by atomic mass is 16.2. The number of allylic oxidation sites excluding steroid dienone is 1. The predicted octanol–water partition coefficient (Wildman–Crippen LogP) is 3.72. The van der Waals surface area contributed by atoms with E-state index in [9.17, 15) is 9.59 Å². The van der Waals surface area contributed by atoms with Crippen molar-refractivity contribution in [3.63, 3.8) is 0 Å². The van der Waals surface area contributed by atoms with E-state index in [2.05, 4.69) is 5.32 Å². The van der Waals surface area contributed by atoms with Crippen molar-refractivity contribution in [3.05, 3.63) is 77.5 Å². The molecule has 2 amide bonds. The van der Waals surface area contributed by atoms with Gasteiger partial charge in [0.15, 0.2) is 0 Å². The number of hydrogen-bond donors (Lipinski definition) is 1. The first kappa shape index (κ1) is 16.0. The molecule has 0 atom stereocenters. The predicted molar refractivity (Wildman–Crippen MR) is 94.0 cm³/mol. The zero-order chi connectivity index (χ0) is 16.9. The fraction of sp³-hybridized carbons (Fsp3) is 0.200. The van der Waals surface area contributed by atoms with Crippen LogP contribution >= 0.6 is 0 Å². The van der Waals surface area contributed by atoms with Crippen LogP contribution in [0.1, 0.15) is 25.3 Å². The summed E-state index contributed by atoms with van der Waals surface area (Å²) in [7, 11) is 0. The Balaban J connectivity index is 1.81.